The van der Waals surface area contributed by atoms with Crippen LogP contribution in [0.5, 0.6) is 0 Å². The maximum atomic E-state index is 13.8. The van der Waals surface area contributed by atoms with Gasteiger partial charge in [-0.25, -0.2) is 4.39 Å². The van der Waals surface area contributed by atoms with Crippen molar-refractivity contribution >= 4 is 15.9 Å². The Balaban J connectivity index is 2.20. The molecule has 0 amide bonds. The lowest BCUT2D eigenvalue weighted by Crippen LogP contribution is -2.14. The van der Waals surface area contributed by atoms with Gasteiger partial charge < -0.3 is 5.11 Å². The number of aliphatic hydroxyl groups is 1. The van der Waals surface area contributed by atoms with Crippen LogP contribution in [0.2, 0.25) is 0 Å². The molecule has 1 aromatic carbocycles. The largest absolute Gasteiger partial charge is 0.388 e. The summed E-state index contributed by atoms with van der Waals surface area (Å²) in [6, 6.07) is 4.86. The molecule has 1 aromatic rings. The van der Waals surface area contributed by atoms with Crippen LogP contribution in [0.3, 0.4) is 0 Å². The lowest BCUT2D eigenvalue weighted by Gasteiger charge is -2.23. The van der Waals surface area contributed by atoms with Crippen LogP contribution in [0, 0.1) is 11.7 Å². The van der Waals surface area contributed by atoms with Crippen LogP contribution < -0.4 is 0 Å². The van der Waals surface area contributed by atoms with Crippen molar-refractivity contribution in [1.82, 2.24) is 0 Å². The van der Waals surface area contributed by atoms with E-state index >= 15 is 0 Å². The molecule has 0 aliphatic heterocycles. The summed E-state index contributed by atoms with van der Waals surface area (Å²) < 4.78 is 14.4. The molecule has 0 bridgehead atoms. The average Bonchev–Trinajstić information content (AvgIpc) is 2.57. The Morgan fingerprint density at radius 1 is 1.18 bits per heavy atom. The maximum absolute atomic E-state index is 13.8. The highest BCUT2D eigenvalue weighted by molar-refractivity contribution is 9.10. The number of hydrogen-bond donors (Lipinski definition) is 1. The highest BCUT2D eigenvalue weighted by atomic mass is 79.9. The summed E-state index contributed by atoms with van der Waals surface area (Å²) >= 11 is 3.33. The number of aliphatic hydroxyl groups excluding tert-OH is 1. The smallest absolute Gasteiger partial charge is 0.130 e. The fraction of sp³-hybridized carbons (Fsp3) is 0.571. The highest BCUT2D eigenvalue weighted by Crippen LogP contribution is 2.37. The Kier molecular flexibility index (Phi) is 4.57. The van der Waals surface area contributed by atoms with E-state index in [1.807, 2.05) is 0 Å². The van der Waals surface area contributed by atoms with Gasteiger partial charge in [0.05, 0.1) is 6.10 Å². The Morgan fingerprint density at radius 3 is 2.41 bits per heavy atom. The van der Waals surface area contributed by atoms with E-state index in [-0.39, 0.29) is 11.7 Å². The second-order valence-corrected chi connectivity index (χ2v) is 5.69. The van der Waals surface area contributed by atoms with Gasteiger partial charge >= 0.3 is 0 Å². The lowest BCUT2D eigenvalue weighted by atomic mass is 9.89. The van der Waals surface area contributed by atoms with Crippen molar-refractivity contribution in [3.8, 4) is 0 Å². The van der Waals surface area contributed by atoms with E-state index in [0.717, 1.165) is 25.7 Å². The molecule has 0 spiro atoms. The highest BCUT2D eigenvalue weighted by Gasteiger charge is 2.25. The summed E-state index contributed by atoms with van der Waals surface area (Å²) in [4.78, 5) is 0. The molecule has 1 atom stereocenters. The Morgan fingerprint density at radius 2 is 1.82 bits per heavy atom. The van der Waals surface area contributed by atoms with E-state index in [2.05, 4.69) is 15.9 Å². The zero-order chi connectivity index (χ0) is 12.3. The Labute approximate surface area is 110 Å². The molecule has 94 valence electrons. The van der Waals surface area contributed by atoms with Crippen LogP contribution in [0.4, 0.5) is 4.39 Å². The summed E-state index contributed by atoms with van der Waals surface area (Å²) in [5.74, 6) is -0.109. The summed E-state index contributed by atoms with van der Waals surface area (Å²) in [7, 11) is 0. The summed E-state index contributed by atoms with van der Waals surface area (Å²) in [5, 5.41) is 10.4. The van der Waals surface area contributed by atoms with Crippen molar-refractivity contribution in [2.45, 2.75) is 44.6 Å². The molecule has 1 N–H and O–H groups in total. The first-order valence-corrected chi connectivity index (χ1v) is 7.11. The molecule has 1 aliphatic carbocycles. The van der Waals surface area contributed by atoms with Gasteiger partial charge in [0.25, 0.3) is 0 Å². The van der Waals surface area contributed by atoms with E-state index in [1.165, 1.54) is 18.9 Å². The lowest BCUT2D eigenvalue weighted by molar-refractivity contribution is 0.0945. The number of rotatable bonds is 2. The van der Waals surface area contributed by atoms with Crippen LogP contribution in [0.15, 0.2) is 22.7 Å². The molecule has 0 heterocycles. The second-order valence-electron chi connectivity index (χ2n) is 4.83. The van der Waals surface area contributed by atoms with Gasteiger partial charge in [-0.1, -0.05) is 47.7 Å². The van der Waals surface area contributed by atoms with Crippen molar-refractivity contribution in [1.29, 1.82) is 0 Å². The molecule has 0 aromatic heterocycles. The van der Waals surface area contributed by atoms with E-state index in [9.17, 15) is 9.50 Å². The van der Waals surface area contributed by atoms with Crippen molar-refractivity contribution < 1.29 is 9.50 Å². The molecule has 1 saturated carbocycles. The monoisotopic (exact) mass is 300 g/mol. The van der Waals surface area contributed by atoms with Gasteiger partial charge in [-0.2, -0.15) is 0 Å². The van der Waals surface area contributed by atoms with E-state index in [0.29, 0.717) is 10.0 Å². The van der Waals surface area contributed by atoms with Crippen LogP contribution in [0.25, 0.3) is 0 Å². The maximum Gasteiger partial charge on any atom is 0.130 e. The van der Waals surface area contributed by atoms with E-state index in [1.54, 1.807) is 12.1 Å². The molecule has 2 rings (SSSR count). The molecular weight excluding hydrogens is 283 g/mol. The molecule has 0 saturated heterocycles. The molecule has 3 heteroatoms. The molecule has 17 heavy (non-hydrogen) atoms. The summed E-state index contributed by atoms with van der Waals surface area (Å²) in [6.45, 7) is 0. The standard InChI is InChI=1S/C14H18BrFO/c15-11-8-5-9-12(16)13(11)14(17)10-6-3-1-2-4-7-10/h5,8-10,14,17H,1-4,6-7H2. The normalized spacial score (nSPS) is 19.9. The fourth-order valence-electron chi connectivity index (χ4n) is 2.66. The van der Waals surface area contributed by atoms with Gasteiger partial charge in [0.15, 0.2) is 0 Å². The zero-order valence-corrected chi connectivity index (χ0v) is 11.4. The summed E-state index contributed by atoms with van der Waals surface area (Å²) in [5.41, 5.74) is 0.430. The first-order chi connectivity index (χ1) is 8.20. The van der Waals surface area contributed by atoms with Gasteiger partial charge in [0.1, 0.15) is 5.82 Å². The van der Waals surface area contributed by atoms with Crippen molar-refractivity contribution in [2.75, 3.05) is 0 Å². The molecule has 1 aliphatic rings. The van der Waals surface area contributed by atoms with Crippen molar-refractivity contribution in [3.05, 3.63) is 34.1 Å². The minimum absolute atomic E-state index is 0.200. The van der Waals surface area contributed by atoms with Crippen molar-refractivity contribution in [2.24, 2.45) is 5.92 Å². The number of halogens is 2. The van der Waals surface area contributed by atoms with E-state index in [4.69, 9.17) is 0 Å². The molecular formula is C14H18BrFO. The Hall–Kier alpha value is -0.410. The van der Waals surface area contributed by atoms with Gasteiger partial charge in [-0.15, -0.1) is 0 Å². The number of benzene rings is 1. The number of hydrogen-bond acceptors (Lipinski definition) is 1. The quantitative estimate of drug-likeness (QED) is 0.792. The average molecular weight is 301 g/mol. The third-order valence-corrected chi connectivity index (χ3v) is 4.33. The predicted octanol–water partition coefficient (Wildman–Crippen LogP) is 4.59. The molecule has 1 unspecified atom stereocenters. The minimum atomic E-state index is -0.677. The first kappa shape index (κ1) is 13.0. The van der Waals surface area contributed by atoms with Gasteiger partial charge in [0, 0.05) is 10.0 Å². The Bertz CT molecular complexity index is 352. The predicted molar refractivity (Wildman–Crippen MR) is 70.3 cm³/mol. The molecule has 0 radical (unpaired) electrons. The molecule has 1 nitrogen and oxygen atoms in total. The summed E-state index contributed by atoms with van der Waals surface area (Å²) in [6.07, 6.45) is 6.10. The van der Waals surface area contributed by atoms with Crippen LogP contribution >= 0.6 is 15.9 Å². The van der Waals surface area contributed by atoms with Gasteiger partial charge in [-0.05, 0) is 30.9 Å². The fourth-order valence-corrected chi connectivity index (χ4v) is 3.23. The van der Waals surface area contributed by atoms with E-state index < -0.39 is 6.10 Å². The SMILES string of the molecule is OC(c1c(F)cccc1Br)C1CCCCCC1. The third kappa shape index (κ3) is 3.08. The first-order valence-electron chi connectivity index (χ1n) is 6.32. The third-order valence-electron chi connectivity index (χ3n) is 3.64. The van der Waals surface area contributed by atoms with Crippen LogP contribution in [-0.2, 0) is 0 Å². The van der Waals surface area contributed by atoms with Crippen molar-refractivity contribution in [3.63, 3.8) is 0 Å². The second kappa shape index (κ2) is 5.96. The van der Waals surface area contributed by atoms with Gasteiger partial charge in [-0.3, -0.25) is 0 Å². The molecule has 1 fully saturated rings. The van der Waals surface area contributed by atoms with Gasteiger partial charge in [0.2, 0.25) is 0 Å². The van der Waals surface area contributed by atoms with Crippen LogP contribution in [-0.4, -0.2) is 5.11 Å². The minimum Gasteiger partial charge on any atom is -0.388 e. The van der Waals surface area contributed by atoms with Crippen LogP contribution in [0.1, 0.15) is 50.2 Å². The topological polar surface area (TPSA) is 20.2 Å². The zero-order valence-electron chi connectivity index (χ0n) is 9.83.